The van der Waals surface area contributed by atoms with E-state index in [9.17, 15) is 13.2 Å². The first-order valence-corrected chi connectivity index (χ1v) is 11.2. The molecule has 2 saturated heterocycles. The molecule has 1 aromatic carbocycles. The summed E-state index contributed by atoms with van der Waals surface area (Å²) >= 11 is 0. The van der Waals surface area contributed by atoms with Gasteiger partial charge in [0.15, 0.2) is 5.76 Å². The number of fused-ring (bicyclic) bond motifs is 1. The number of ether oxygens (including phenoxy) is 1. The van der Waals surface area contributed by atoms with Gasteiger partial charge in [-0.3, -0.25) is 4.79 Å². The molecule has 2 aromatic rings. The molecule has 2 aliphatic heterocycles. The molecule has 0 N–H and O–H groups in total. The Kier molecular flexibility index (Phi) is 5.20. The van der Waals surface area contributed by atoms with Crippen molar-refractivity contribution in [1.82, 2.24) is 9.21 Å². The topological polar surface area (TPSA) is 80.1 Å². The molecule has 0 bridgehead atoms. The second-order valence-corrected chi connectivity index (χ2v) is 9.64. The zero-order valence-electron chi connectivity index (χ0n) is 16.3. The van der Waals surface area contributed by atoms with E-state index in [0.717, 1.165) is 25.9 Å². The van der Waals surface area contributed by atoms with Crippen LogP contribution >= 0.6 is 0 Å². The number of morpholine rings is 1. The molecular formula is C20H26N2O5S. The minimum Gasteiger partial charge on any atom is -0.451 e. The zero-order valence-corrected chi connectivity index (χ0v) is 17.1. The van der Waals surface area contributed by atoms with Crippen LogP contribution in [0.3, 0.4) is 0 Å². The zero-order chi connectivity index (χ0) is 19.9. The number of hydrogen-bond donors (Lipinski definition) is 0. The third kappa shape index (κ3) is 3.44. The fourth-order valence-electron chi connectivity index (χ4n) is 3.86. The smallest absolute Gasteiger partial charge is 0.289 e. The van der Waals surface area contributed by atoms with Crippen LogP contribution in [0.25, 0.3) is 11.0 Å². The second kappa shape index (κ2) is 7.50. The number of aryl methyl sites for hydroxylation is 1. The molecule has 1 amide bonds. The average Bonchev–Trinajstić information content (AvgIpc) is 3.05. The molecule has 7 nitrogen and oxygen atoms in total. The molecule has 3 heterocycles. The number of rotatable bonds is 3. The van der Waals surface area contributed by atoms with E-state index in [1.165, 1.54) is 4.31 Å². The Hall–Kier alpha value is -1.90. The highest BCUT2D eigenvalue weighted by molar-refractivity contribution is 7.89. The minimum absolute atomic E-state index is 0.113. The summed E-state index contributed by atoms with van der Waals surface area (Å²) in [4.78, 5) is 15.0. The summed E-state index contributed by atoms with van der Waals surface area (Å²) in [5, 5.41) is 0.670. The van der Waals surface area contributed by atoms with Crippen molar-refractivity contribution >= 4 is 26.9 Å². The van der Waals surface area contributed by atoms with Gasteiger partial charge in [0.1, 0.15) is 5.58 Å². The van der Waals surface area contributed by atoms with E-state index in [4.69, 9.17) is 9.15 Å². The van der Waals surface area contributed by atoms with Gasteiger partial charge in [0, 0.05) is 37.1 Å². The van der Waals surface area contributed by atoms with Crippen molar-refractivity contribution in [2.45, 2.75) is 31.6 Å². The van der Waals surface area contributed by atoms with Gasteiger partial charge in [0.05, 0.1) is 18.1 Å². The largest absolute Gasteiger partial charge is 0.451 e. The third-order valence-electron chi connectivity index (χ3n) is 5.78. The van der Waals surface area contributed by atoms with Crippen LogP contribution in [0.1, 0.15) is 35.9 Å². The average molecular weight is 407 g/mol. The van der Waals surface area contributed by atoms with E-state index in [-0.39, 0.29) is 10.8 Å². The maximum absolute atomic E-state index is 12.9. The van der Waals surface area contributed by atoms with E-state index >= 15 is 0 Å². The number of sulfonamides is 1. The molecule has 0 spiro atoms. The number of carbonyl (C=O) groups excluding carboxylic acids is 1. The van der Waals surface area contributed by atoms with Gasteiger partial charge in [-0.15, -0.1) is 0 Å². The molecule has 1 aromatic heterocycles. The summed E-state index contributed by atoms with van der Waals surface area (Å²) in [6.07, 6.45) is 1.99. The SMILES string of the molecule is Cc1c(C(=O)N2CCC(C)CC2)oc2ccc(S(=O)(=O)N3CCOCC3)cc12. The Morgan fingerprint density at radius 2 is 1.79 bits per heavy atom. The Labute approximate surface area is 165 Å². The van der Waals surface area contributed by atoms with Crippen molar-refractivity contribution in [1.29, 1.82) is 0 Å². The van der Waals surface area contributed by atoms with Crippen LogP contribution in [0.15, 0.2) is 27.5 Å². The Balaban J connectivity index is 1.65. The van der Waals surface area contributed by atoms with Crippen LogP contribution in [0.4, 0.5) is 0 Å². The van der Waals surface area contributed by atoms with Crippen LogP contribution < -0.4 is 0 Å². The Morgan fingerprint density at radius 1 is 1.11 bits per heavy atom. The van der Waals surface area contributed by atoms with Gasteiger partial charge in [0.25, 0.3) is 5.91 Å². The maximum atomic E-state index is 12.9. The summed E-state index contributed by atoms with van der Waals surface area (Å²) in [7, 11) is -3.59. The number of hydrogen-bond acceptors (Lipinski definition) is 5. The lowest BCUT2D eigenvalue weighted by Gasteiger charge is -2.29. The number of amides is 1. The van der Waals surface area contributed by atoms with E-state index in [1.807, 2.05) is 11.8 Å². The molecule has 4 rings (SSSR count). The normalized spacial score (nSPS) is 20.0. The first-order valence-electron chi connectivity index (χ1n) is 9.78. The van der Waals surface area contributed by atoms with Crippen LogP contribution in [-0.4, -0.2) is 62.9 Å². The lowest BCUT2D eigenvalue weighted by Crippen LogP contribution is -2.40. The number of piperidine rings is 1. The van der Waals surface area contributed by atoms with E-state index in [2.05, 4.69) is 6.92 Å². The van der Waals surface area contributed by atoms with Crippen molar-refractivity contribution in [2.75, 3.05) is 39.4 Å². The van der Waals surface area contributed by atoms with Gasteiger partial charge in [0.2, 0.25) is 10.0 Å². The molecule has 0 saturated carbocycles. The molecule has 0 aliphatic carbocycles. The molecule has 8 heteroatoms. The van der Waals surface area contributed by atoms with Crippen molar-refractivity contribution in [3.63, 3.8) is 0 Å². The third-order valence-corrected chi connectivity index (χ3v) is 7.68. The van der Waals surface area contributed by atoms with Gasteiger partial charge in [-0.1, -0.05) is 6.92 Å². The van der Waals surface area contributed by atoms with Crippen molar-refractivity contribution in [3.8, 4) is 0 Å². The van der Waals surface area contributed by atoms with Crippen molar-refractivity contribution in [3.05, 3.63) is 29.5 Å². The molecule has 2 aliphatic rings. The highest BCUT2D eigenvalue weighted by Crippen LogP contribution is 2.30. The monoisotopic (exact) mass is 406 g/mol. The summed E-state index contributed by atoms with van der Waals surface area (Å²) < 4.78 is 38.4. The second-order valence-electron chi connectivity index (χ2n) is 7.71. The summed E-state index contributed by atoms with van der Waals surface area (Å²) in [5.41, 5.74) is 1.23. The highest BCUT2D eigenvalue weighted by Gasteiger charge is 2.29. The molecule has 0 radical (unpaired) electrons. The molecule has 28 heavy (non-hydrogen) atoms. The molecule has 2 fully saturated rings. The Bertz CT molecular complexity index is 983. The van der Waals surface area contributed by atoms with Gasteiger partial charge in [-0.2, -0.15) is 4.31 Å². The molecule has 0 atom stereocenters. The lowest BCUT2D eigenvalue weighted by molar-refractivity contribution is 0.0666. The Morgan fingerprint density at radius 3 is 2.46 bits per heavy atom. The number of furan rings is 1. The summed E-state index contributed by atoms with van der Waals surface area (Å²) in [6.45, 7) is 6.98. The predicted molar refractivity (Wildman–Crippen MR) is 105 cm³/mol. The predicted octanol–water partition coefficient (Wildman–Crippen LogP) is 2.63. The number of benzene rings is 1. The van der Waals surface area contributed by atoms with E-state index in [1.54, 1.807) is 18.2 Å². The van der Waals surface area contributed by atoms with E-state index in [0.29, 0.717) is 54.5 Å². The van der Waals surface area contributed by atoms with Crippen LogP contribution in [-0.2, 0) is 14.8 Å². The molecular weight excluding hydrogens is 380 g/mol. The number of likely N-dealkylation sites (tertiary alicyclic amines) is 1. The molecule has 152 valence electrons. The van der Waals surface area contributed by atoms with Gasteiger partial charge in [-0.25, -0.2) is 8.42 Å². The fourth-order valence-corrected chi connectivity index (χ4v) is 5.29. The maximum Gasteiger partial charge on any atom is 0.289 e. The van der Waals surface area contributed by atoms with Gasteiger partial charge < -0.3 is 14.1 Å². The first kappa shape index (κ1) is 19.4. The minimum atomic E-state index is -3.59. The summed E-state index contributed by atoms with van der Waals surface area (Å²) in [5.74, 6) is 0.831. The van der Waals surface area contributed by atoms with Crippen LogP contribution in [0.5, 0.6) is 0 Å². The number of nitrogens with zero attached hydrogens (tertiary/aromatic N) is 2. The van der Waals surface area contributed by atoms with Gasteiger partial charge in [-0.05, 0) is 43.9 Å². The first-order chi connectivity index (χ1) is 13.4. The highest BCUT2D eigenvalue weighted by atomic mass is 32.2. The lowest BCUT2D eigenvalue weighted by atomic mass is 9.99. The van der Waals surface area contributed by atoms with Crippen molar-refractivity contribution in [2.24, 2.45) is 5.92 Å². The standard InChI is InChI=1S/C20H26N2O5S/c1-14-5-7-21(8-6-14)20(23)19-15(2)17-13-16(3-4-18(17)27-19)28(24,25)22-9-11-26-12-10-22/h3-4,13-14H,5-12H2,1-2H3. The van der Waals surface area contributed by atoms with Crippen molar-refractivity contribution < 1.29 is 22.4 Å². The fraction of sp³-hybridized carbons (Fsp3) is 0.550. The van der Waals surface area contributed by atoms with Crippen LogP contribution in [0, 0.1) is 12.8 Å². The van der Waals surface area contributed by atoms with E-state index < -0.39 is 10.0 Å². The molecule has 0 unspecified atom stereocenters. The summed E-state index contributed by atoms with van der Waals surface area (Å²) in [6, 6.07) is 4.81. The van der Waals surface area contributed by atoms with Gasteiger partial charge >= 0.3 is 0 Å². The number of carbonyl (C=O) groups is 1. The van der Waals surface area contributed by atoms with Crippen LogP contribution in [0.2, 0.25) is 0 Å². The quantitative estimate of drug-likeness (QED) is 0.783.